The first-order valence-electron chi connectivity index (χ1n) is 8.22. The minimum atomic E-state index is -0.484. The Morgan fingerprint density at radius 2 is 2.16 bits per heavy atom. The van der Waals surface area contributed by atoms with Gasteiger partial charge in [-0.2, -0.15) is 0 Å². The van der Waals surface area contributed by atoms with Crippen molar-refractivity contribution in [2.45, 2.75) is 19.8 Å². The molecule has 1 fully saturated rings. The number of carbonyl (C=O) groups excluding carboxylic acids is 1. The van der Waals surface area contributed by atoms with Crippen LogP contribution in [0.2, 0.25) is 0 Å². The summed E-state index contributed by atoms with van der Waals surface area (Å²) < 4.78 is 9.98. The summed E-state index contributed by atoms with van der Waals surface area (Å²) in [5.74, 6) is 0.0550. The fraction of sp³-hybridized carbons (Fsp3) is 0.667. The first kappa shape index (κ1) is 18.8. The van der Waals surface area contributed by atoms with Crippen molar-refractivity contribution in [2.24, 2.45) is 5.92 Å². The van der Waals surface area contributed by atoms with E-state index in [9.17, 15) is 14.9 Å². The zero-order chi connectivity index (χ0) is 18.2. The second-order valence-electron chi connectivity index (χ2n) is 5.58. The van der Waals surface area contributed by atoms with Gasteiger partial charge < -0.3 is 19.7 Å². The molecule has 1 saturated heterocycles. The smallest absolute Gasteiger partial charge is 0.353 e. The van der Waals surface area contributed by atoms with Crippen LogP contribution in [0.3, 0.4) is 0 Å². The lowest BCUT2D eigenvalue weighted by Crippen LogP contribution is -2.37. The van der Waals surface area contributed by atoms with Crippen LogP contribution in [0.1, 0.15) is 19.8 Å². The molecule has 2 rings (SSSR count). The first-order chi connectivity index (χ1) is 12.1. The van der Waals surface area contributed by atoms with E-state index < -0.39 is 4.92 Å². The number of hydrogen-bond donors (Lipinski definition) is 1. The van der Waals surface area contributed by atoms with E-state index in [1.165, 1.54) is 6.33 Å². The van der Waals surface area contributed by atoms with Crippen LogP contribution in [-0.4, -0.2) is 60.8 Å². The fourth-order valence-corrected chi connectivity index (χ4v) is 2.76. The Labute approximate surface area is 145 Å². The minimum absolute atomic E-state index is 0.159. The van der Waals surface area contributed by atoms with Crippen LogP contribution in [0.5, 0.6) is 0 Å². The van der Waals surface area contributed by atoms with Gasteiger partial charge in [0.05, 0.1) is 24.1 Å². The molecule has 0 aliphatic carbocycles. The average molecular weight is 353 g/mol. The molecule has 138 valence electrons. The van der Waals surface area contributed by atoms with Gasteiger partial charge in [-0.1, -0.05) is 0 Å². The Morgan fingerprint density at radius 1 is 1.44 bits per heavy atom. The number of aromatic nitrogens is 2. The summed E-state index contributed by atoms with van der Waals surface area (Å²) in [6.45, 7) is 3.93. The molecule has 1 aromatic heterocycles. The summed E-state index contributed by atoms with van der Waals surface area (Å²) in [6.07, 6.45) is 2.45. The lowest BCUT2D eigenvalue weighted by Gasteiger charge is -2.31. The molecule has 1 N–H and O–H groups in total. The van der Waals surface area contributed by atoms with Gasteiger partial charge in [0.1, 0.15) is 6.33 Å². The molecule has 0 saturated carbocycles. The van der Waals surface area contributed by atoms with Crippen LogP contribution in [0.25, 0.3) is 0 Å². The largest absolute Gasteiger partial charge is 0.466 e. The van der Waals surface area contributed by atoms with Crippen molar-refractivity contribution in [3.8, 4) is 0 Å². The van der Waals surface area contributed by atoms with Gasteiger partial charge in [-0.25, -0.2) is 9.97 Å². The van der Waals surface area contributed by atoms with Crippen molar-refractivity contribution in [2.75, 3.05) is 50.2 Å². The number of piperidine rings is 1. The van der Waals surface area contributed by atoms with E-state index in [1.54, 1.807) is 14.0 Å². The second-order valence-corrected chi connectivity index (χ2v) is 5.58. The third-order valence-corrected chi connectivity index (χ3v) is 4.00. The van der Waals surface area contributed by atoms with E-state index in [0.717, 1.165) is 0 Å². The SMILES string of the molecule is CCOC(=O)C1CCN(c2ncnc(NCCOC)c2[N+](=O)[O-])CC1. The molecule has 1 aromatic rings. The van der Waals surface area contributed by atoms with E-state index >= 15 is 0 Å². The molecule has 2 heterocycles. The lowest BCUT2D eigenvalue weighted by molar-refractivity contribution is -0.383. The van der Waals surface area contributed by atoms with E-state index in [1.807, 2.05) is 4.90 Å². The summed E-state index contributed by atoms with van der Waals surface area (Å²) in [6, 6.07) is 0. The molecule has 25 heavy (non-hydrogen) atoms. The molecule has 0 amide bonds. The van der Waals surface area contributed by atoms with E-state index in [4.69, 9.17) is 9.47 Å². The van der Waals surface area contributed by atoms with Crippen LogP contribution in [0.4, 0.5) is 17.3 Å². The number of methoxy groups -OCH3 is 1. The standard InChI is InChI=1S/C15H23N5O5/c1-3-25-15(21)11-4-7-19(8-5-11)14-12(20(22)23)13(17-10-18-14)16-6-9-24-2/h10-11H,3-9H2,1-2H3,(H,16,17,18). The minimum Gasteiger partial charge on any atom is -0.466 e. The van der Waals surface area contributed by atoms with E-state index in [-0.39, 0.29) is 29.2 Å². The van der Waals surface area contributed by atoms with Crippen LogP contribution in [0.15, 0.2) is 6.33 Å². The van der Waals surface area contributed by atoms with Crippen LogP contribution in [0, 0.1) is 16.0 Å². The van der Waals surface area contributed by atoms with Gasteiger partial charge in [-0.3, -0.25) is 14.9 Å². The topological polar surface area (TPSA) is 120 Å². The van der Waals surface area contributed by atoms with Gasteiger partial charge in [-0.05, 0) is 19.8 Å². The normalized spacial score (nSPS) is 15.0. The maximum Gasteiger partial charge on any atom is 0.353 e. The predicted molar refractivity (Wildman–Crippen MR) is 90.6 cm³/mol. The second kappa shape index (κ2) is 9.11. The molecule has 0 radical (unpaired) electrons. The van der Waals surface area contributed by atoms with Crippen LogP contribution in [-0.2, 0) is 14.3 Å². The monoisotopic (exact) mass is 353 g/mol. The van der Waals surface area contributed by atoms with Gasteiger partial charge in [0, 0.05) is 26.7 Å². The number of hydrogen-bond acceptors (Lipinski definition) is 9. The molecule has 1 aliphatic heterocycles. The Balaban J connectivity index is 2.12. The predicted octanol–water partition coefficient (Wildman–Crippen LogP) is 1.22. The van der Waals surface area contributed by atoms with Crippen molar-refractivity contribution in [1.29, 1.82) is 0 Å². The third kappa shape index (κ3) is 4.75. The lowest BCUT2D eigenvalue weighted by atomic mass is 9.97. The Bertz CT molecular complexity index is 604. The zero-order valence-electron chi connectivity index (χ0n) is 14.4. The van der Waals surface area contributed by atoms with Crippen molar-refractivity contribution in [3.05, 3.63) is 16.4 Å². The highest BCUT2D eigenvalue weighted by Gasteiger charge is 2.32. The summed E-state index contributed by atoms with van der Waals surface area (Å²) in [7, 11) is 1.55. The molecule has 0 bridgehead atoms. The number of nitrogens with one attached hydrogen (secondary N) is 1. The highest BCUT2D eigenvalue weighted by Crippen LogP contribution is 2.34. The van der Waals surface area contributed by atoms with Crippen LogP contribution >= 0.6 is 0 Å². The van der Waals surface area contributed by atoms with E-state index in [0.29, 0.717) is 45.7 Å². The van der Waals surface area contributed by atoms with Gasteiger partial charge in [-0.15, -0.1) is 0 Å². The van der Waals surface area contributed by atoms with Gasteiger partial charge >= 0.3 is 11.7 Å². The molecule has 0 aromatic carbocycles. The number of nitrogens with zero attached hydrogens (tertiary/aromatic N) is 4. The summed E-state index contributed by atoms with van der Waals surface area (Å²) in [5, 5.41) is 14.4. The number of rotatable bonds is 8. The zero-order valence-corrected chi connectivity index (χ0v) is 14.4. The van der Waals surface area contributed by atoms with E-state index in [2.05, 4.69) is 15.3 Å². The summed E-state index contributed by atoms with van der Waals surface area (Å²) in [5.41, 5.74) is -0.159. The van der Waals surface area contributed by atoms with Gasteiger partial charge in [0.15, 0.2) is 0 Å². The Morgan fingerprint density at radius 3 is 2.76 bits per heavy atom. The Hall–Kier alpha value is -2.49. The van der Waals surface area contributed by atoms with Gasteiger partial charge in [0.25, 0.3) is 0 Å². The molecule has 0 atom stereocenters. The molecular formula is C15H23N5O5. The fourth-order valence-electron chi connectivity index (χ4n) is 2.76. The van der Waals surface area contributed by atoms with Gasteiger partial charge in [0.2, 0.25) is 11.6 Å². The number of carbonyl (C=O) groups is 1. The van der Waals surface area contributed by atoms with Crippen molar-refractivity contribution >= 4 is 23.3 Å². The molecule has 10 nitrogen and oxygen atoms in total. The molecular weight excluding hydrogens is 330 g/mol. The maximum absolute atomic E-state index is 11.8. The molecule has 1 aliphatic rings. The molecule has 0 spiro atoms. The third-order valence-electron chi connectivity index (χ3n) is 4.00. The number of nitro groups is 1. The summed E-state index contributed by atoms with van der Waals surface area (Å²) in [4.78, 5) is 32.8. The molecule has 10 heteroatoms. The highest BCUT2D eigenvalue weighted by atomic mass is 16.6. The summed E-state index contributed by atoms with van der Waals surface area (Å²) >= 11 is 0. The maximum atomic E-state index is 11.8. The number of anilines is 2. The average Bonchev–Trinajstić information content (AvgIpc) is 2.62. The Kier molecular flexibility index (Phi) is 6.87. The van der Waals surface area contributed by atoms with Crippen molar-refractivity contribution in [3.63, 3.8) is 0 Å². The quantitative estimate of drug-likeness (QED) is 0.318. The number of esters is 1. The highest BCUT2D eigenvalue weighted by molar-refractivity contribution is 5.74. The van der Waals surface area contributed by atoms with Crippen molar-refractivity contribution in [1.82, 2.24) is 9.97 Å². The first-order valence-corrected chi connectivity index (χ1v) is 8.22. The number of ether oxygens (including phenoxy) is 2. The van der Waals surface area contributed by atoms with Crippen molar-refractivity contribution < 1.29 is 19.2 Å². The molecule has 0 unspecified atom stereocenters. The van der Waals surface area contributed by atoms with Crippen LogP contribution < -0.4 is 10.2 Å².